The molecule has 6 aromatic rings. The van der Waals surface area contributed by atoms with Gasteiger partial charge in [-0.25, -0.2) is 0 Å². The summed E-state index contributed by atoms with van der Waals surface area (Å²) in [5.74, 6) is 0. The van der Waals surface area contributed by atoms with Crippen LogP contribution in [0.2, 0.25) is 48.4 Å². The molecule has 292 valence electrons. The highest BCUT2D eigenvalue weighted by molar-refractivity contribution is 7.15. The van der Waals surface area contributed by atoms with E-state index >= 15 is 0 Å². The number of thiophene rings is 2. The van der Waals surface area contributed by atoms with Crippen LogP contribution in [0, 0.1) is 0 Å². The van der Waals surface area contributed by atoms with E-state index in [4.69, 9.17) is 8.75 Å². The van der Waals surface area contributed by atoms with Crippen LogP contribution in [0.15, 0.2) is 159 Å². The van der Waals surface area contributed by atoms with Gasteiger partial charge in [-0.2, -0.15) is 8.75 Å². The van der Waals surface area contributed by atoms with Gasteiger partial charge in [0.1, 0.15) is 11.0 Å². The SMILES string of the molecule is C=CC[Si](CC=C)(CC=C)CCCc1cccc(-c2ccsc2-c2ccc(-c3sccc3-c3cccc(CCC[Si](CC=C)(CC=C)CC=C)c3)c3nsnc23)c1. The number of nitrogens with zero attached hydrogens (tertiary/aromatic N) is 2. The van der Waals surface area contributed by atoms with Gasteiger partial charge in [-0.05, 0) is 94.3 Å². The number of fused-ring (bicyclic) bond motifs is 1. The maximum Gasteiger partial charge on any atom is 0.114 e. The van der Waals surface area contributed by atoms with Crippen LogP contribution in [-0.4, -0.2) is 24.9 Å². The van der Waals surface area contributed by atoms with E-state index in [-0.39, 0.29) is 0 Å². The monoisotopic (exact) mass is 836 g/mol. The van der Waals surface area contributed by atoms with Crippen molar-refractivity contribution in [1.82, 2.24) is 8.75 Å². The molecule has 0 amide bonds. The predicted octanol–water partition coefficient (Wildman–Crippen LogP) is 16.4. The summed E-state index contributed by atoms with van der Waals surface area (Å²) in [6.45, 7) is 24.5. The van der Waals surface area contributed by atoms with Crippen LogP contribution in [0.4, 0.5) is 0 Å². The first kappa shape index (κ1) is 42.4. The van der Waals surface area contributed by atoms with Crippen LogP contribution < -0.4 is 0 Å². The van der Waals surface area contributed by atoms with Gasteiger partial charge in [0.15, 0.2) is 0 Å². The number of hydrogen-bond acceptors (Lipinski definition) is 5. The molecule has 0 saturated heterocycles. The maximum atomic E-state index is 4.93. The molecular weight excluding hydrogens is 781 g/mol. The van der Waals surface area contributed by atoms with Crippen molar-refractivity contribution in [3.05, 3.63) is 171 Å². The van der Waals surface area contributed by atoms with Crippen LogP contribution in [0.5, 0.6) is 0 Å². The lowest BCUT2D eigenvalue weighted by atomic mass is 9.96. The molecule has 3 aromatic heterocycles. The lowest BCUT2D eigenvalue weighted by Crippen LogP contribution is -2.32. The molecule has 0 aliphatic carbocycles. The molecule has 0 saturated carbocycles. The first-order valence-corrected chi connectivity index (χ1v) is 28.3. The van der Waals surface area contributed by atoms with Gasteiger partial charge in [-0.3, -0.25) is 0 Å². The molecule has 0 fully saturated rings. The molecule has 57 heavy (non-hydrogen) atoms. The Morgan fingerprint density at radius 1 is 0.474 bits per heavy atom. The second kappa shape index (κ2) is 20.4. The van der Waals surface area contributed by atoms with Crippen LogP contribution in [0.3, 0.4) is 0 Å². The zero-order valence-corrected chi connectivity index (χ0v) is 37.8. The van der Waals surface area contributed by atoms with E-state index < -0.39 is 16.1 Å². The molecule has 0 unspecified atom stereocenters. The predicted molar refractivity (Wildman–Crippen MR) is 263 cm³/mol. The molecule has 3 aromatic carbocycles. The Hall–Kier alpha value is -4.25. The standard InChI is InChI=1S/C50H56N2S3Si2/c1-7-29-56(30-8-2,31-9-3)35-15-19-39-17-13-21-41(37-39)43-25-27-53-49(43)45-23-24-46(48-47(45)51-55-52-48)50-44(26-28-54-50)42-22-14-18-40(38-42)20-16-36-57(32-10-4,33-11-5)34-12-6/h7-14,17-18,21-28,37-38H,1-6,15-16,19-20,29-36H2. The third-order valence-corrected chi connectivity index (χ3v) is 23.7. The van der Waals surface area contributed by atoms with Crippen molar-refractivity contribution in [3.8, 4) is 43.1 Å². The minimum absolute atomic E-state index is 0.977. The lowest BCUT2D eigenvalue weighted by molar-refractivity contribution is 0.892. The molecule has 0 spiro atoms. The summed E-state index contributed by atoms with van der Waals surface area (Å²) in [5.41, 5.74) is 12.0. The number of aryl methyl sites for hydroxylation is 2. The fraction of sp³-hybridized carbons (Fsp3) is 0.240. The molecule has 3 heterocycles. The summed E-state index contributed by atoms with van der Waals surface area (Å²) in [4.78, 5) is 2.48. The van der Waals surface area contributed by atoms with Crippen LogP contribution in [0.1, 0.15) is 24.0 Å². The van der Waals surface area contributed by atoms with E-state index in [1.807, 2.05) is 0 Å². The normalized spacial score (nSPS) is 11.7. The van der Waals surface area contributed by atoms with Crippen LogP contribution in [-0.2, 0) is 12.8 Å². The second-order valence-corrected chi connectivity index (χ2v) is 27.3. The topological polar surface area (TPSA) is 25.8 Å². The van der Waals surface area contributed by atoms with Crippen molar-refractivity contribution in [1.29, 1.82) is 0 Å². The van der Waals surface area contributed by atoms with E-state index in [1.54, 1.807) is 22.7 Å². The van der Waals surface area contributed by atoms with Gasteiger partial charge >= 0.3 is 0 Å². The smallest absolute Gasteiger partial charge is 0.114 e. The van der Waals surface area contributed by atoms with E-state index in [0.29, 0.717) is 0 Å². The molecule has 2 nitrogen and oxygen atoms in total. The number of hydrogen-bond donors (Lipinski definition) is 0. The summed E-state index contributed by atoms with van der Waals surface area (Å²) in [7, 11) is -3.06. The Kier molecular flexibility index (Phi) is 15.2. The average molecular weight is 837 g/mol. The summed E-state index contributed by atoms with van der Waals surface area (Å²) in [6.07, 6.45) is 17.2. The quantitative estimate of drug-likeness (QED) is 0.0448. The lowest BCUT2D eigenvalue weighted by Gasteiger charge is -2.28. The highest BCUT2D eigenvalue weighted by Gasteiger charge is 2.29. The summed E-state index contributed by atoms with van der Waals surface area (Å²) < 4.78 is 9.85. The minimum atomic E-state index is -1.53. The zero-order valence-electron chi connectivity index (χ0n) is 33.4. The van der Waals surface area contributed by atoms with Crippen molar-refractivity contribution < 1.29 is 0 Å². The van der Waals surface area contributed by atoms with Gasteiger partial charge in [0, 0.05) is 32.0 Å². The van der Waals surface area contributed by atoms with E-state index in [1.165, 1.54) is 79.8 Å². The third-order valence-electron chi connectivity index (χ3n) is 11.5. The van der Waals surface area contributed by atoms with Gasteiger partial charge in [0.2, 0.25) is 0 Å². The first-order valence-electron chi connectivity index (χ1n) is 20.2. The number of rotatable bonds is 24. The van der Waals surface area contributed by atoms with Gasteiger partial charge in [-0.15, -0.1) is 62.1 Å². The maximum absolute atomic E-state index is 4.93. The van der Waals surface area contributed by atoms with Crippen molar-refractivity contribution >= 4 is 61.6 Å². The van der Waals surface area contributed by atoms with E-state index in [2.05, 4.69) is 159 Å². The fourth-order valence-electron chi connectivity index (χ4n) is 8.80. The van der Waals surface area contributed by atoms with E-state index in [0.717, 1.165) is 71.3 Å². The average Bonchev–Trinajstić information content (AvgIpc) is 4.01. The van der Waals surface area contributed by atoms with Crippen molar-refractivity contribution in [2.24, 2.45) is 0 Å². The van der Waals surface area contributed by atoms with Crippen LogP contribution in [0.25, 0.3) is 54.2 Å². The summed E-state index contributed by atoms with van der Waals surface area (Å²) in [6, 6.07) is 36.6. The molecule has 6 rings (SSSR count). The number of aromatic nitrogens is 2. The van der Waals surface area contributed by atoms with Crippen molar-refractivity contribution in [2.75, 3.05) is 0 Å². The Bertz CT molecular complexity index is 2110. The molecule has 0 N–H and O–H groups in total. The molecule has 0 bridgehead atoms. The molecular formula is C50H56N2S3Si2. The number of allylic oxidation sites excluding steroid dienone is 6. The molecule has 0 radical (unpaired) electrons. The van der Waals surface area contributed by atoms with Crippen LogP contribution >= 0.6 is 34.4 Å². The highest BCUT2D eigenvalue weighted by Crippen LogP contribution is 2.45. The van der Waals surface area contributed by atoms with Crippen molar-refractivity contribution in [3.63, 3.8) is 0 Å². The second-order valence-electron chi connectivity index (χ2n) is 15.5. The van der Waals surface area contributed by atoms with Gasteiger partial charge in [0.25, 0.3) is 0 Å². The van der Waals surface area contributed by atoms with E-state index in [9.17, 15) is 0 Å². The Morgan fingerprint density at radius 3 is 1.23 bits per heavy atom. The molecule has 7 heteroatoms. The Labute approximate surface area is 355 Å². The van der Waals surface area contributed by atoms with Crippen molar-refractivity contribution in [2.45, 2.75) is 74.0 Å². The summed E-state index contributed by atoms with van der Waals surface area (Å²) in [5, 5.41) is 4.42. The first-order chi connectivity index (χ1) is 27.9. The van der Waals surface area contributed by atoms with Gasteiger partial charge in [0.05, 0.1) is 27.9 Å². The number of benzene rings is 3. The zero-order chi connectivity index (χ0) is 40.1. The molecule has 0 aliphatic rings. The highest BCUT2D eigenvalue weighted by atomic mass is 32.1. The third kappa shape index (κ3) is 10.1. The summed E-state index contributed by atoms with van der Waals surface area (Å²) >= 11 is 4.87. The van der Waals surface area contributed by atoms with Gasteiger partial charge in [-0.1, -0.05) is 122 Å². The molecule has 0 aliphatic heterocycles. The van der Waals surface area contributed by atoms with Gasteiger partial charge < -0.3 is 0 Å². The minimum Gasteiger partial charge on any atom is -0.172 e. The fourth-order valence-corrected chi connectivity index (χ4v) is 19.0. The Morgan fingerprint density at radius 2 is 0.860 bits per heavy atom. The molecule has 0 atom stereocenters. The Balaban J connectivity index is 1.22. The largest absolute Gasteiger partial charge is 0.172 e.